The number of aromatic nitrogens is 6. The number of anilines is 1. The maximum atomic E-state index is 10.2. The van der Waals surface area contributed by atoms with Gasteiger partial charge in [-0.3, -0.25) is 9.40 Å². The molecule has 0 spiro atoms. The second-order valence-corrected chi connectivity index (χ2v) is 8.06. The Morgan fingerprint density at radius 2 is 2.11 bits per heavy atom. The van der Waals surface area contributed by atoms with Gasteiger partial charge in [0.05, 0.1) is 12.4 Å². The Morgan fingerprint density at radius 1 is 1.32 bits per heavy atom. The molecule has 11 heteroatoms. The summed E-state index contributed by atoms with van der Waals surface area (Å²) in [5.41, 5.74) is 1.79. The molecule has 4 heterocycles. The second-order valence-electron chi connectivity index (χ2n) is 7.18. The zero-order valence-electron chi connectivity index (χ0n) is 16.1. The highest BCUT2D eigenvalue weighted by Gasteiger charge is 2.25. The van der Waals surface area contributed by atoms with Gasteiger partial charge in [-0.25, -0.2) is 4.98 Å². The summed E-state index contributed by atoms with van der Waals surface area (Å²) >= 11 is 1.78. The fraction of sp³-hybridized carbons (Fsp3) is 0.529. The quantitative estimate of drug-likeness (QED) is 0.417. The summed E-state index contributed by atoms with van der Waals surface area (Å²) in [6, 6.07) is 0.320. The van der Waals surface area contributed by atoms with E-state index >= 15 is 0 Å². The SMILES string of the molecule is CSN1CCC(Nc2nc3cnc(-c4cn[nH]c4)c(OC(C)(C)O)n3n2)CC1. The van der Waals surface area contributed by atoms with Gasteiger partial charge < -0.3 is 15.2 Å². The third-order valence-electron chi connectivity index (χ3n) is 4.50. The minimum absolute atomic E-state index is 0.309. The van der Waals surface area contributed by atoms with Gasteiger partial charge in [-0.15, -0.1) is 5.10 Å². The van der Waals surface area contributed by atoms with Gasteiger partial charge in [0.1, 0.15) is 5.69 Å². The Labute approximate surface area is 166 Å². The first kappa shape index (κ1) is 19.0. The number of aliphatic hydroxyl groups is 1. The van der Waals surface area contributed by atoms with E-state index in [-0.39, 0.29) is 0 Å². The van der Waals surface area contributed by atoms with Crippen LogP contribution in [-0.2, 0) is 0 Å². The molecule has 0 radical (unpaired) electrons. The lowest BCUT2D eigenvalue weighted by atomic mass is 10.1. The van der Waals surface area contributed by atoms with E-state index in [1.807, 2.05) is 0 Å². The average Bonchev–Trinajstić information content (AvgIpc) is 3.31. The third-order valence-corrected chi connectivity index (χ3v) is 5.38. The zero-order chi connectivity index (χ0) is 19.7. The van der Waals surface area contributed by atoms with Gasteiger partial charge >= 0.3 is 0 Å². The van der Waals surface area contributed by atoms with Crippen LogP contribution in [0.25, 0.3) is 16.9 Å². The van der Waals surface area contributed by atoms with Crippen molar-refractivity contribution in [2.75, 3.05) is 24.7 Å². The van der Waals surface area contributed by atoms with Gasteiger partial charge in [0.2, 0.25) is 17.6 Å². The summed E-state index contributed by atoms with van der Waals surface area (Å²) in [6.45, 7) is 5.18. The number of rotatable bonds is 6. The molecule has 4 rings (SSSR count). The highest BCUT2D eigenvalue weighted by Crippen LogP contribution is 2.30. The van der Waals surface area contributed by atoms with Crippen LogP contribution in [-0.4, -0.2) is 70.4 Å². The van der Waals surface area contributed by atoms with E-state index in [1.54, 1.807) is 48.9 Å². The Kier molecular flexibility index (Phi) is 5.13. The Balaban J connectivity index is 1.65. The first-order valence-electron chi connectivity index (χ1n) is 9.15. The minimum Gasteiger partial charge on any atom is -0.444 e. The van der Waals surface area contributed by atoms with Crippen LogP contribution < -0.4 is 10.1 Å². The predicted octanol–water partition coefficient (Wildman–Crippen LogP) is 1.78. The van der Waals surface area contributed by atoms with Gasteiger partial charge in [-0.2, -0.15) is 14.6 Å². The van der Waals surface area contributed by atoms with E-state index in [2.05, 4.69) is 41.1 Å². The molecular formula is C17H24N8O2S. The zero-order valence-corrected chi connectivity index (χ0v) is 16.9. The lowest BCUT2D eigenvalue weighted by Crippen LogP contribution is -2.35. The van der Waals surface area contributed by atoms with Crippen molar-refractivity contribution in [3.63, 3.8) is 0 Å². The summed E-state index contributed by atoms with van der Waals surface area (Å²) in [4.78, 5) is 8.99. The summed E-state index contributed by atoms with van der Waals surface area (Å²) in [5, 5.41) is 24.9. The van der Waals surface area contributed by atoms with Crippen LogP contribution >= 0.6 is 11.9 Å². The van der Waals surface area contributed by atoms with Crippen LogP contribution in [0.15, 0.2) is 18.6 Å². The number of piperidine rings is 1. The number of H-pyrrole nitrogens is 1. The molecule has 0 saturated carbocycles. The Morgan fingerprint density at radius 3 is 2.75 bits per heavy atom. The van der Waals surface area contributed by atoms with Gasteiger partial charge in [0.15, 0.2) is 5.65 Å². The first-order valence-corrected chi connectivity index (χ1v) is 10.3. The fourth-order valence-electron chi connectivity index (χ4n) is 3.17. The molecule has 0 aromatic carbocycles. The van der Waals surface area contributed by atoms with Crippen molar-refractivity contribution in [3.05, 3.63) is 18.6 Å². The van der Waals surface area contributed by atoms with Gasteiger partial charge in [-0.1, -0.05) is 11.9 Å². The smallest absolute Gasteiger partial charge is 0.246 e. The normalized spacial score (nSPS) is 16.6. The summed E-state index contributed by atoms with van der Waals surface area (Å²) in [6.07, 6.45) is 9.15. The van der Waals surface area contributed by atoms with Crippen LogP contribution in [0.3, 0.4) is 0 Å². The van der Waals surface area contributed by atoms with E-state index in [1.165, 1.54) is 0 Å². The Hall–Kier alpha value is -2.37. The van der Waals surface area contributed by atoms with Crippen molar-refractivity contribution in [2.45, 2.75) is 38.5 Å². The van der Waals surface area contributed by atoms with E-state index in [9.17, 15) is 5.11 Å². The molecule has 1 saturated heterocycles. The van der Waals surface area contributed by atoms with Crippen molar-refractivity contribution < 1.29 is 9.84 Å². The minimum atomic E-state index is -1.40. The molecule has 1 aliphatic rings. The average molecular weight is 405 g/mol. The summed E-state index contributed by atoms with van der Waals surface area (Å²) < 4.78 is 9.69. The van der Waals surface area contributed by atoms with Crippen molar-refractivity contribution in [1.82, 2.24) is 34.1 Å². The van der Waals surface area contributed by atoms with Crippen molar-refractivity contribution in [1.29, 1.82) is 0 Å². The number of hydrogen-bond acceptors (Lipinski definition) is 9. The van der Waals surface area contributed by atoms with Crippen LogP contribution in [0.1, 0.15) is 26.7 Å². The van der Waals surface area contributed by atoms with E-state index in [0.717, 1.165) is 31.5 Å². The molecule has 150 valence electrons. The topological polar surface area (TPSA) is 116 Å². The monoisotopic (exact) mass is 404 g/mol. The fourth-order valence-corrected chi connectivity index (χ4v) is 3.74. The Bertz CT molecular complexity index is 929. The maximum Gasteiger partial charge on any atom is 0.246 e. The molecule has 3 aromatic heterocycles. The molecule has 0 amide bonds. The highest BCUT2D eigenvalue weighted by atomic mass is 32.2. The standard InChI is InChI=1S/C17H24N8O2S/c1-17(2,26)27-15-14(11-8-19-20-9-11)18-10-13-22-16(23-25(13)15)21-12-4-6-24(28-3)7-5-12/h8-10,12,26H,4-7H2,1-3H3,(H,19,20)(H,21,23). The van der Waals surface area contributed by atoms with E-state index in [0.29, 0.717) is 29.2 Å². The van der Waals surface area contributed by atoms with Crippen LogP contribution in [0.5, 0.6) is 5.88 Å². The molecule has 28 heavy (non-hydrogen) atoms. The molecule has 10 nitrogen and oxygen atoms in total. The molecule has 1 fully saturated rings. The summed E-state index contributed by atoms with van der Waals surface area (Å²) in [5.74, 6) is -0.572. The van der Waals surface area contributed by atoms with Crippen molar-refractivity contribution in [3.8, 4) is 17.1 Å². The number of fused-ring (bicyclic) bond motifs is 1. The number of nitrogens with zero attached hydrogens (tertiary/aromatic N) is 6. The van der Waals surface area contributed by atoms with Gasteiger partial charge in [0.25, 0.3) is 0 Å². The van der Waals surface area contributed by atoms with Crippen LogP contribution in [0.4, 0.5) is 5.95 Å². The van der Waals surface area contributed by atoms with Crippen molar-refractivity contribution in [2.24, 2.45) is 0 Å². The maximum absolute atomic E-state index is 10.2. The van der Waals surface area contributed by atoms with Crippen LogP contribution in [0, 0.1) is 0 Å². The van der Waals surface area contributed by atoms with E-state index in [4.69, 9.17) is 4.74 Å². The largest absolute Gasteiger partial charge is 0.444 e. The number of hydrogen-bond donors (Lipinski definition) is 3. The molecule has 0 bridgehead atoms. The summed E-state index contributed by atoms with van der Waals surface area (Å²) in [7, 11) is 0. The predicted molar refractivity (Wildman–Crippen MR) is 107 cm³/mol. The molecule has 0 atom stereocenters. The van der Waals surface area contributed by atoms with Crippen LogP contribution in [0.2, 0.25) is 0 Å². The molecule has 3 N–H and O–H groups in total. The molecule has 0 aliphatic carbocycles. The molecule has 1 aliphatic heterocycles. The molecular weight excluding hydrogens is 380 g/mol. The first-order chi connectivity index (χ1) is 13.4. The number of ether oxygens (including phenoxy) is 1. The van der Waals surface area contributed by atoms with E-state index < -0.39 is 5.79 Å². The van der Waals surface area contributed by atoms with Gasteiger partial charge in [0, 0.05) is 44.7 Å². The number of nitrogens with one attached hydrogen (secondary N) is 2. The van der Waals surface area contributed by atoms with Crippen molar-refractivity contribution >= 4 is 23.5 Å². The molecule has 3 aromatic rings. The molecule has 0 unspecified atom stereocenters. The third kappa shape index (κ3) is 4.05. The van der Waals surface area contributed by atoms with Gasteiger partial charge in [-0.05, 0) is 19.1 Å². The lowest BCUT2D eigenvalue weighted by molar-refractivity contribution is -0.108. The highest BCUT2D eigenvalue weighted by molar-refractivity contribution is 7.96. The lowest BCUT2D eigenvalue weighted by Gasteiger charge is -2.30. The number of aromatic amines is 1. The second kappa shape index (κ2) is 7.57.